The maximum atomic E-state index is 13.7. The predicted octanol–water partition coefficient (Wildman–Crippen LogP) is 9.62. The van der Waals surface area contributed by atoms with Crippen LogP contribution in [-0.4, -0.2) is 19.2 Å². The largest absolute Gasteiger partial charge is 0.493 e. The van der Waals surface area contributed by atoms with Crippen molar-refractivity contribution < 1.29 is 14.3 Å². The number of benzene rings is 3. The highest BCUT2D eigenvalue weighted by molar-refractivity contribution is 14.1. The Labute approximate surface area is 281 Å². The van der Waals surface area contributed by atoms with Crippen LogP contribution in [0.3, 0.4) is 0 Å². The minimum atomic E-state index is -0.167. The normalized spacial score (nSPS) is 14.6. The van der Waals surface area contributed by atoms with Crippen molar-refractivity contribution in [1.82, 2.24) is 0 Å². The molecule has 1 aromatic heterocycles. The number of rotatable bonds is 8. The molecule has 9 heteroatoms. The summed E-state index contributed by atoms with van der Waals surface area (Å²) < 4.78 is 12.7. The van der Waals surface area contributed by atoms with E-state index >= 15 is 0 Å². The summed E-state index contributed by atoms with van der Waals surface area (Å²) in [5.41, 5.74) is 4.81. The molecule has 1 amide bonds. The molecule has 5 rings (SSSR count). The fourth-order valence-corrected chi connectivity index (χ4v) is 7.53. The van der Waals surface area contributed by atoms with Crippen molar-refractivity contribution in [2.75, 3.05) is 12.4 Å². The van der Waals surface area contributed by atoms with Gasteiger partial charge in [0.25, 0.3) is 5.91 Å². The van der Waals surface area contributed by atoms with E-state index in [1.807, 2.05) is 30.3 Å². The first-order chi connectivity index (χ1) is 21.1. The monoisotopic (exact) mass is 737 g/mol. The molecule has 1 heterocycles. The molecular weight excluding hydrogens is 705 g/mol. The van der Waals surface area contributed by atoms with Gasteiger partial charge in [0.15, 0.2) is 11.5 Å². The third kappa shape index (κ3) is 7.28. The Morgan fingerprint density at radius 3 is 2.66 bits per heavy atom. The average Bonchev–Trinajstić information content (AvgIpc) is 3.38. The molecule has 4 aromatic rings. The number of thiophene rings is 1. The second kappa shape index (κ2) is 13.7. The first-order valence-electron chi connectivity index (χ1n) is 14.3. The van der Waals surface area contributed by atoms with Crippen molar-refractivity contribution in [3.63, 3.8) is 0 Å². The van der Waals surface area contributed by atoms with Crippen LogP contribution in [-0.2, 0) is 19.4 Å². The molecule has 6 nitrogen and oxygen atoms in total. The Morgan fingerprint density at radius 1 is 1.20 bits per heavy atom. The van der Waals surface area contributed by atoms with Crippen LogP contribution in [0.2, 0.25) is 5.02 Å². The number of methoxy groups -OCH3 is 1. The van der Waals surface area contributed by atoms with Crippen LogP contribution in [0, 0.1) is 26.2 Å². The van der Waals surface area contributed by atoms with Gasteiger partial charge in [0.1, 0.15) is 11.6 Å². The fourth-order valence-electron chi connectivity index (χ4n) is 5.36. The lowest BCUT2D eigenvalue weighted by atomic mass is 9.72. The highest BCUT2D eigenvalue weighted by atomic mass is 127. The molecule has 1 atom stereocenters. The van der Waals surface area contributed by atoms with Gasteiger partial charge in [-0.1, -0.05) is 50.6 Å². The third-order valence-electron chi connectivity index (χ3n) is 7.89. The molecule has 0 radical (unpaired) electrons. The van der Waals surface area contributed by atoms with Gasteiger partial charge in [-0.15, -0.1) is 11.3 Å². The topological polar surface area (TPSA) is 83.7 Å². The SMILES string of the molecule is COc1cc(C=Nc2sc3c(c2C(=O)Nc2ccc(Cl)cc2)CC[C@H](C(C)(C)C)C3)cc(I)c1OCc1ccccc1C#N. The number of anilines is 1. The molecule has 1 aliphatic rings. The summed E-state index contributed by atoms with van der Waals surface area (Å²) in [4.78, 5) is 19.8. The number of hydrogen-bond acceptors (Lipinski definition) is 6. The summed E-state index contributed by atoms with van der Waals surface area (Å²) in [6.45, 7) is 7.10. The lowest BCUT2D eigenvalue weighted by molar-refractivity contribution is 0.102. The van der Waals surface area contributed by atoms with Crippen molar-refractivity contribution in [1.29, 1.82) is 5.26 Å². The highest BCUT2D eigenvalue weighted by Gasteiger charge is 2.33. The Bertz CT molecular complexity index is 1750. The molecule has 226 valence electrons. The predicted molar refractivity (Wildman–Crippen MR) is 187 cm³/mol. The van der Waals surface area contributed by atoms with E-state index in [4.69, 9.17) is 26.1 Å². The number of fused-ring (bicyclic) bond motifs is 1. The van der Waals surface area contributed by atoms with Gasteiger partial charge in [-0.3, -0.25) is 4.79 Å². The first kappa shape index (κ1) is 32.0. The van der Waals surface area contributed by atoms with Crippen molar-refractivity contribution in [3.05, 3.63) is 102 Å². The molecule has 0 bridgehead atoms. The smallest absolute Gasteiger partial charge is 0.259 e. The maximum Gasteiger partial charge on any atom is 0.259 e. The molecule has 0 fully saturated rings. The number of hydrogen-bond donors (Lipinski definition) is 1. The van der Waals surface area contributed by atoms with Crippen LogP contribution in [0.4, 0.5) is 10.7 Å². The van der Waals surface area contributed by atoms with Crippen molar-refractivity contribution in [2.24, 2.45) is 16.3 Å². The van der Waals surface area contributed by atoms with Crippen LogP contribution < -0.4 is 14.8 Å². The summed E-state index contributed by atoms with van der Waals surface area (Å²) in [5.74, 6) is 1.53. The van der Waals surface area contributed by atoms with Gasteiger partial charge in [0, 0.05) is 27.4 Å². The van der Waals surface area contributed by atoms with Crippen LogP contribution in [0.5, 0.6) is 11.5 Å². The third-order valence-corrected chi connectivity index (χ3v) is 10.1. The molecule has 1 N–H and O–H groups in total. The first-order valence-corrected chi connectivity index (χ1v) is 16.6. The van der Waals surface area contributed by atoms with Crippen LogP contribution in [0.25, 0.3) is 0 Å². The zero-order valence-corrected chi connectivity index (χ0v) is 28.8. The van der Waals surface area contributed by atoms with Crippen molar-refractivity contribution in [2.45, 2.75) is 46.6 Å². The number of nitrogens with one attached hydrogen (secondary N) is 1. The molecule has 0 unspecified atom stereocenters. The van der Waals surface area contributed by atoms with Crippen LogP contribution >= 0.6 is 45.5 Å². The average molecular weight is 738 g/mol. The molecule has 0 aliphatic heterocycles. The molecule has 0 spiro atoms. The quantitative estimate of drug-likeness (QED) is 0.144. The Balaban J connectivity index is 1.45. The number of halogens is 2. The number of nitrogens with zero attached hydrogens (tertiary/aromatic N) is 2. The molecule has 3 aromatic carbocycles. The zero-order chi connectivity index (χ0) is 31.4. The number of ether oxygens (including phenoxy) is 2. The fraction of sp³-hybridized carbons (Fsp3) is 0.286. The molecule has 0 saturated carbocycles. The lowest BCUT2D eigenvalue weighted by Gasteiger charge is -2.33. The Morgan fingerprint density at radius 2 is 1.95 bits per heavy atom. The van der Waals surface area contributed by atoms with Crippen LogP contribution in [0.15, 0.2) is 65.7 Å². The van der Waals surface area contributed by atoms with E-state index in [1.165, 1.54) is 4.88 Å². The summed E-state index contributed by atoms with van der Waals surface area (Å²) in [7, 11) is 1.60. The lowest BCUT2D eigenvalue weighted by Crippen LogP contribution is -2.27. The summed E-state index contributed by atoms with van der Waals surface area (Å²) >= 11 is 9.88. The summed E-state index contributed by atoms with van der Waals surface area (Å²) in [5, 5.41) is 13.8. The maximum absolute atomic E-state index is 13.7. The van der Waals surface area contributed by atoms with Crippen LogP contribution in [0.1, 0.15) is 64.7 Å². The Kier molecular flexibility index (Phi) is 9.98. The second-order valence-corrected chi connectivity index (χ2v) is 14.5. The van der Waals surface area contributed by atoms with E-state index in [-0.39, 0.29) is 17.9 Å². The van der Waals surface area contributed by atoms with E-state index in [1.54, 1.807) is 55.0 Å². The van der Waals surface area contributed by atoms with Gasteiger partial charge >= 0.3 is 0 Å². The standard InChI is InChI=1S/C35H33ClIN3O3S/c1-35(2,3)24-9-14-27-30(17-24)44-34(31(27)33(41)40-26-12-10-25(36)11-13-26)39-19-21-15-28(37)32(29(16-21)42-4)43-20-23-8-6-5-7-22(23)18-38/h5-8,10-13,15-16,19,24H,9,14,17,20H2,1-4H3,(H,40,41)/t24-/m0/s1. The number of carbonyl (C=O) groups is 1. The van der Waals surface area contributed by atoms with E-state index in [0.717, 1.165) is 39.5 Å². The van der Waals surface area contributed by atoms with E-state index in [2.05, 4.69) is 54.7 Å². The molecule has 1 aliphatic carbocycles. The number of carbonyl (C=O) groups excluding carboxylic acids is 1. The van der Waals surface area contributed by atoms with Gasteiger partial charge in [-0.05, 0) is 107 Å². The minimum absolute atomic E-state index is 0.167. The van der Waals surface area contributed by atoms with Gasteiger partial charge in [0.05, 0.1) is 27.9 Å². The Hall–Kier alpha value is -3.39. The van der Waals surface area contributed by atoms with Gasteiger partial charge in [0.2, 0.25) is 0 Å². The highest BCUT2D eigenvalue weighted by Crippen LogP contribution is 2.45. The van der Waals surface area contributed by atoms with Gasteiger partial charge < -0.3 is 14.8 Å². The molecule has 44 heavy (non-hydrogen) atoms. The van der Waals surface area contributed by atoms with Crippen molar-refractivity contribution >= 4 is 68.3 Å². The summed E-state index contributed by atoms with van der Waals surface area (Å²) in [6, 6.07) is 20.5. The summed E-state index contributed by atoms with van der Waals surface area (Å²) in [6.07, 6.45) is 4.59. The number of nitriles is 1. The molecular formula is C35H33ClIN3O3S. The second-order valence-electron chi connectivity index (χ2n) is 11.8. The minimum Gasteiger partial charge on any atom is -0.493 e. The zero-order valence-electron chi connectivity index (χ0n) is 25.0. The molecule has 0 saturated heterocycles. The number of aliphatic imine (C=N–C) groups is 1. The number of amides is 1. The van der Waals surface area contributed by atoms with E-state index in [9.17, 15) is 10.1 Å². The van der Waals surface area contributed by atoms with E-state index in [0.29, 0.717) is 44.3 Å². The van der Waals surface area contributed by atoms with Gasteiger partial charge in [-0.2, -0.15) is 5.26 Å². The van der Waals surface area contributed by atoms with E-state index < -0.39 is 0 Å². The van der Waals surface area contributed by atoms with Gasteiger partial charge in [-0.25, -0.2) is 4.99 Å². The van der Waals surface area contributed by atoms with Crippen molar-refractivity contribution in [3.8, 4) is 17.6 Å².